The molecule has 0 N–H and O–H groups in total. The van der Waals surface area contributed by atoms with Crippen LogP contribution in [0.5, 0.6) is 0 Å². The SMILES string of the molecule is COC[C@H]1O[C@H](OC[C@H]2O[C@H](OC)[C@@H](OC)[C@@H](O[C@H]3O[C@H](COC)[C@@H](OC)[C@H](OC)[C@@H]3OC)[C@@H]2OC)[C@@H](OC)[C@@H](OC)[C@@H]1OC. The van der Waals surface area contributed by atoms with Crippen molar-refractivity contribution in [2.24, 2.45) is 0 Å². The van der Waals surface area contributed by atoms with Gasteiger partial charge >= 0.3 is 0 Å². The second kappa shape index (κ2) is 19.4. The summed E-state index contributed by atoms with van der Waals surface area (Å²) in [4.78, 5) is 0. The Labute approximate surface area is 266 Å². The highest BCUT2D eigenvalue weighted by Crippen LogP contribution is 2.35. The van der Waals surface area contributed by atoms with Crippen LogP contribution in [0.3, 0.4) is 0 Å². The highest BCUT2D eigenvalue weighted by molar-refractivity contribution is 4.97. The van der Waals surface area contributed by atoms with Gasteiger partial charge in [-0.25, -0.2) is 0 Å². The summed E-state index contributed by atoms with van der Waals surface area (Å²) in [7, 11) is 17.2. The fourth-order valence-electron chi connectivity index (χ4n) is 6.44. The van der Waals surface area contributed by atoms with Gasteiger partial charge in [0.2, 0.25) is 0 Å². The number of hydrogen-bond acceptors (Lipinski definition) is 16. The first-order valence-electron chi connectivity index (χ1n) is 14.8. The lowest BCUT2D eigenvalue weighted by molar-refractivity contribution is -0.371. The molecule has 0 aromatic carbocycles. The van der Waals surface area contributed by atoms with Crippen LogP contribution in [0.15, 0.2) is 0 Å². The quantitative estimate of drug-likeness (QED) is 0.188. The van der Waals surface area contributed by atoms with Crippen LogP contribution in [-0.2, 0) is 75.8 Å². The summed E-state index contributed by atoms with van der Waals surface area (Å²) in [5, 5.41) is 0. The predicted molar refractivity (Wildman–Crippen MR) is 154 cm³/mol. The van der Waals surface area contributed by atoms with Crippen LogP contribution in [0.25, 0.3) is 0 Å². The van der Waals surface area contributed by atoms with Gasteiger partial charge in [-0.15, -0.1) is 0 Å². The van der Waals surface area contributed by atoms with Crippen molar-refractivity contribution >= 4 is 0 Å². The van der Waals surface area contributed by atoms with Crippen molar-refractivity contribution in [3.8, 4) is 0 Å². The molecule has 45 heavy (non-hydrogen) atoms. The largest absolute Gasteiger partial charge is 0.382 e. The molecule has 3 rings (SSSR count). The zero-order valence-corrected chi connectivity index (χ0v) is 28.3. The Hall–Kier alpha value is -0.640. The van der Waals surface area contributed by atoms with E-state index < -0.39 is 92.1 Å². The molecule has 0 radical (unpaired) electrons. The summed E-state index contributed by atoms with van der Waals surface area (Å²) >= 11 is 0. The summed E-state index contributed by atoms with van der Waals surface area (Å²) in [6.45, 7) is 0.495. The molecular weight excluding hydrogens is 604 g/mol. The van der Waals surface area contributed by atoms with E-state index in [2.05, 4.69) is 0 Å². The Bertz CT molecular complexity index is 810. The maximum absolute atomic E-state index is 6.64. The lowest BCUT2D eigenvalue weighted by atomic mass is 9.96. The Morgan fingerprint density at radius 3 is 1.11 bits per heavy atom. The summed E-state index contributed by atoms with van der Waals surface area (Å²) in [6, 6.07) is 0. The van der Waals surface area contributed by atoms with Crippen molar-refractivity contribution in [3.63, 3.8) is 0 Å². The first-order valence-corrected chi connectivity index (χ1v) is 14.8. The molecule has 15 atom stereocenters. The van der Waals surface area contributed by atoms with Crippen molar-refractivity contribution < 1.29 is 75.8 Å². The van der Waals surface area contributed by atoms with E-state index >= 15 is 0 Å². The fraction of sp³-hybridized carbons (Fsp3) is 1.00. The van der Waals surface area contributed by atoms with Gasteiger partial charge in [0.15, 0.2) is 18.9 Å². The molecule has 0 spiro atoms. The van der Waals surface area contributed by atoms with Crippen LogP contribution in [0.1, 0.15) is 0 Å². The number of methoxy groups -OCH3 is 11. The van der Waals surface area contributed by atoms with Crippen LogP contribution in [0.4, 0.5) is 0 Å². The van der Waals surface area contributed by atoms with E-state index in [4.69, 9.17) is 75.8 Å². The lowest BCUT2D eigenvalue weighted by Gasteiger charge is -2.49. The molecule has 0 amide bonds. The van der Waals surface area contributed by atoms with Crippen molar-refractivity contribution in [3.05, 3.63) is 0 Å². The summed E-state index contributed by atoms with van der Waals surface area (Å²) in [5.41, 5.74) is 0. The molecule has 266 valence electrons. The van der Waals surface area contributed by atoms with E-state index in [-0.39, 0.29) is 19.8 Å². The fourth-order valence-corrected chi connectivity index (χ4v) is 6.44. The van der Waals surface area contributed by atoms with Crippen molar-refractivity contribution in [1.82, 2.24) is 0 Å². The Balaban J connectivity index is 1.86. The Kier molecular flexibility index (Phi) is 16.7. The monoisotopic (exact) mass is 658 g/mol. The van der Waals surface area contributed by atoms with E-state index in [0.29, 0.717) is 0 Å². The van der Waals surface area contributed by atoms with E-state index in [0.717, 1.165) is 0 Å². The third-order valence-corrected chi connectivity index (χ3v) is 8.56. The van der Waals surface area contributed by atoms with Crippen LogP contribution in [-0.4, -0.2) is 190 Å². The molecular formula is C29H54O16. The van der Waals surface area contributed by atoms with Gasteiger partial charge in [0.05, 0.1) is 19.8 Å². The van der Waals surface area contributed by atoms with Gasteiger partial charge < -0.3 is 75.8 Å². The molecule has 16 heteroatoms. The highest BCUT2D eigenvalue weighted by Gasteiger charge is 2.54. The number of hydrogen-bond donors (Lipinski definition) is 0. The van der Waals surface area contributed by atoms with Gasteiger partial charge in [-0.1, -0.05) is 0 Å². The number of rotatable bonds is 18. The Morgan fingerprint density at radius 2 is 0.689 bits per heavy atom. The Morgan fingerprint density at radius 1 is 0.333 bits per heavy atom. The van der Waals surface area contributed by atoms with Gasteiger partial charge in [0.1, 0.15) is 73.2 Å². The van der Waals surface area contributed by atoms with Gasteiger partial charge in [-0.2, -0.15) is 0 Å². The molecule has 16 nitrogen and oxygen atoms in total. The average Bonchev–Trinajstić information content (AvgIpc) is 3.06. The molecule has 0 bridgehead atoms. The summed E-state index contributed by atoms with van der Waals surface area (Å²) < 4.78 is 94.6. The molecule has 0 saturated carbocycles. The summed E-state index contributed by atoms with van der Waals surface area (Å²) in [6.07, 6.45) is -9.76. The smallest absolute Gasteiger partial charge is 0.187 e. The molecule has 0 aliphatic carbocycles. The van der Waals surface area contributed by atoms with Crippen LogP contribution >= 0.6 is 0 Å². The molecule has 3 aliphatic heterocycles. The molecule has 3 saturated heterocycles. The standard InChI is InChI=1S/C29H54O16/c1-30-12-15-18(32-3)21(35-6)24(37-8)28(43-15)41-14-17-20(34-5)23(26(39-10)27(40-11)42-17)45-29-25(38-9)22(36-7)19(33-4)16(44-29)13-31-2/h15-29H,12-14H2,1-11H3/t15-,16-,17-,18-,19-,20-,21+,22+,23+,24+,25+,26+,27+,28+,29-/m1/s1. The highest BCUT2D eigenvalue weighted by atomic mass is 16.8. The van der Waals surface area contributed by atoms with Crippen molar-refractivity contribution in [1.29, 1.82) is 0 Å². The van der Waals surface area contributed by atoms with E-state index in [1.54, 1.807) is 64.0 Å². The molecule has 0 aromatic heterocycles. The predicted octanol–water partition coefficient (Wildman–Crippen LogP) is -0.378. The third kappa shape index (κ3) is 8.70. The normalized spacial score (nSPS) is 42.6. The van der Waals surface area contributed by atoms with Crippen LogP contribution in [0, 0.1) is 0 Å². The molecule has 0 unspecified atom stereocenters. The first-order chi connectivity index (χ1) is 21.9. The number of ether oxygens (including phenoxy) is 16. The summed E-state index contributed by atoms with van der Waals surface area (Å²) in [5.74, 6) is 0. The van der Waals surface area contributed by atoms with Gasteiger partial charge in [-0.3, -0.25) is 0 Å². The molecule has 3 aliphatic rings. The van der Waals surface area contributed by atoms with Crippen LogP contribution < -0.4 is 0 Å². The van der Waals surface area contributed by atoms with E-state index in [1.807, 2.05) is 0 Å². The van der Waals surface area contributed by atoms with E-state index in [1.165, 1.54) is 14.2 Å². The topological polar surface area (TPSA) is 148 Å². The molecule has 3 heterocycles. The minimum absolute atomic E-state index is 0.00491. The van der Waals surface area contributed by atoms with Gasteiger partial charge in [0.25, 0.3) is 0 Å². The van der Waals surface area contributed by atoms with Gasteiger partial charge in [0, 0.05) is 78.2 Å². The average molecular weight is 659 g/mol. The second-order valence-corrected chi connectivity index (χ2v) is 10.8. The second-order valence-electron chi connectivity index (χ2n) is 10.8. The lowest BCUT2D eigenvalue weighted by Crippen LogP contribution is -2.66. The van der Waals surface area contributed by atoms with Crippen molar-refractivity contribution in [2.75, 3.05) is 98.0 Å². The maximum Gasteiger partial charge on any atom is 0.187 e. The minimum Gasteiger partial charge on any atom is -0.382 e. The van der Waals surface area contributed by atoms with Crippen LogP contribution in [0.2, 0.25) is 0 Å². The zero-order valence-electron chi connectivity index (χ0n) is 28.3. The van der Waals surface area contributed by atoms with Gasteiger partial charge in [-0.05, 0) is 0 Å². The van der Waals surface area contributed by atoms with Crippen molar-refractivity contribution in [2.45, 2.75) is 92.1 Å². The maximum atomic E-state index is 6.64. The third-order valence-electron chi connectivity index (χ3n) is 8.56. The zero-order chi connectivity index (χ0) is 33.1. The minimum atomic E-state index is -0.924. The van der Waals surface area contributed by atoms with E-state index in [9.17, 15) is 0 Å². The first kappa shape index (κ1) is 38.8. The molecule has 0 aromatic rings. The molecule has 3 fully saturated rings.